The number of aryl methyl sites for hydroxylation is 2. The molecule has 0 atom stereocenters. The van der Waals surface area contributed by atoms with E-state index in [2.05, 4.69) is 26.5 Å². The predicted molar refractivity (Wildman–Crippen MR) is 75.5 cm³/mol. The summed E-state index contributed by atoms with van der Waals surface area (Å²) in [5.74, 6) is 1.24. The Morgan fingerprint density at radius 3 is 2.60 bits per heavy atom. The Kier molecular flexibility index (Phi) is 2.80. The first-order valence-electron chi connectivity index (χ1n) is 6.11. The molecule has 20 heavy (non-hydrogen) atoms. The molecule has 0 amide bonds. The number of nitrogens with zero attached hydrogens (tertiary/aromatic N) is 5. The van der Waals surface area contributed by atoms with Crippen LogP contribution in [0.3, 0.4) is 0 Å². The van der Waals surface area contributed by atoms with Crippen LogP contribution in [0, 0.1) is 18.3 Å². The maximum atomic E-state index is 9.07. The lowest BCUT2D eigenvalue weighted by Gasteiger charge is -2.09. The van der Waals surface area contributed by atoms with Crippen molar-refractivity contribution in [3.8, 4) is 6.07 Å². The van der Waals surface area contributed by atoms with Gasteiger partial charge in [0.15, 0.2) is 5.82 Å². The van der Waals surface area contributed by atoms with Gasteiger partial charge in [-0.2, -0.15) is 10.4 Å². The summed E-state index contributed by atoms with van der Waals surface area (Å²) in [5.41, 5.74) is 2.90. The molecule has 6 heteroatoms. The smallest absolute Gasteiger partial charge is 0.153 e. The van der Waals surface area contributed by atoms with E-state index >= 15 is 0 Å². The molecule has 98 valence electrons. The van der Waals surface area contributed by atoms with Crippen LogP contribution >= 0.6 is 0 Å². The molecule has 0 saturated carbocycles. The van der Waals surface area contributed by atoms with Crippen LogP contribution in [-0.4, -0.2) is 19.7 Å². The summed E-state index contributed by atoms with van der Waals surface area (Å²) in [6.45, 7) is 1.88. The number of hydrogen-bond donors (Lipinski definition) is 1. The number of hydrogen-bond acceptors (Lipinski definition) is 5. The van der Waals surface area contributed by atoms with Gasteiger partial charge in [0.05, 0.1) is 22.9 Å². The number of fused-ring (bicyclic) bond motifs is 1. The fourth-order valence-corrected chi connectivity index (χ4v) is 1.99. The van der Waals surface area contributed by atoms with Crippen molar-refractivity contribution in [2.45, 2.75) is 6.92 Å². The zero-order valence-corrected chi connectivity index (χ0v) is 11.1. The highest BCUT2D eigenvalue weighted by molar-refractivity contribution is 5.77. The van der Waals surface area contributed by atoms with E-state index in [9.17, 15) is 0 Å². The van der Waals surface area contributed by atoms with Crippen molar-refractivity contribution in [3.05, 3.63) is 41.7 Å². The van der Waals surface area contributed by atoms with Crippen molar-refractivity contribution in [2.24, 2.45) is 7.05 Å². The number of benzene rings is 1. The number of rotatable bonds is 2. The first-order chi connectivity index (χ1) is 9.69. The van der Waals surface area contributed by atoms with E-state index < -0.39 is 0 Å². The van der Waals surface area contributed by atoms with Crippen molar-refractivity contribution in [3.63, 3.8) is 0 Å². The molecule has 1 N–H and O–H groups in total. The van der Waals surface area contributed by atoms with E-state index in [0.29, 0.717) is 17.2 Å². The van der Waals surface area contributed by atoms with Gasteiger partial charge in [0, 0.05) is 7.05 Å². The van der Waals surface area contributed by atoms with Gasteiger partial charge < -0.3 is 5.32 Å². The predicted octanol–water partition coefficient (Wildman–Crippen LogP) is 2.29. The summed E-state index contributed by atoms with van der Waals surface area (Å²) in [7, 11) is 1.77. The third kappa shape index (κ3) is 1.95. The molecule has 0 fully saturated rings. The zero-order chi connectivity index (χ0) is 14.1. The largest absolute Gasteiger partial charge is 0.323 e. The molecule has 0 bridgehead atoms. The summed E-state index contributed by atoms with van der Waals surface area (Å²) in [6.07, 6.45) is 1.52. The van der Waals surface area contributed by atoms with Crippen LogP contribution in [0.5, 0.6) is 0 Å². The molecular formula is C14H12N6. The van der Waals surface area contributed by atoms with E-state index in [4.69, 9.17) is 5.26 Å². The van der Waals surface area contributed by atoms with Crippen LogP contribution in [0.1, 0.15) is 11.3 Å². The minimum Gasteiger partial charge on any atom is -0.323 e. The van der Waals surface area contributed by atoms with Crippen LogP contribution < -0.4 is 5.32 Å². The number of anilines is 2. The fraction of sp³-hybridized carbons (Fsp3) is 0.143. The molecule has 0 aliphatic heterocycles. The van der Waals surface area contributed by atoms with Gasteiger partial charge >= 0.3 is 0 Å². The highest BCUT2D eigenvalue weighted by Gasteiger charge is 2.11. The van der Waals surface area contributed by atoms with Gasteiger partial charge in [-0.05, 0) is 19.1 Å². The number of para-hydroxylation sites is 2. The first kappa shape index (κ1) is 12.1. The third-order valence-electron chi connectivity index (χ3n) is 3.04. The molecular weight excluding hydrogens is 252 g/mol. The highest BCUT2D eigenvalue weighted by Crippen LogP contribution is 2.22. The summed E-state index contributed by atoms with van der Waals surface area (Å²) in [4.78, 5) is 9.05. The first-order valence-corrected chi connectivity index (χ1v) is 6.11. The van der Waals surface area contributed by atoms with Crippen LogP contribution in [0.15, 0.2) is 30.5 Å². The molecule has 0 aliphatic rings. The second-order valence-corrected chi connectivity index (χ2v) is 4.41. The van der Waals surface area contributed by atoms with Crippen molar-refractivity contribution in [1.82, 2.24) is 19.7 Å². The standard InChI is InChI=1S/C14H12N6/c1-9-13(18-12-6-4-3-5-11(12)17-9)19-14-10(7-15)8-16-20(14)2/h3-6,8H,1-2H3,(H,18,19). The third-order valence-corrected chi connectivity index (χ3v) is 3.04. The van der Waals surface area contributed by atoms with E-state index in [1.54, 1.807) is 11.7 Å². The molecule has 0 unspecified atom stereocenters. The Morgan fingerprint density at radius 1 is 1.20 bits per heavy atom. The van der Waals surface area contributed by atoms with Gasteiger partial charge in [-0.25, -0.2) is 9.97 Å². The van der Waals surface area contributed by atoms with Crippen LogP contribution in [-0.2, 0) is 7.05 Å². The second kappa shape index (κ2) is 4.63. The lowest BCUT2D eigenvalue weighted by atomic mass is 10.3. The monoisotopic (exact) mass is 264 g/mol. The van der Waals surface area contributed by atoms with Gasteiger partial charge in [0.1, 0.15) is 17.5 Å². The van der Waals surface area contributed by atoms with E-state index in [1.165, 1.54) is 6.20 Å². The Balaban J connectivity index is 2.09. The average Bonchev–Trinajstić information content (AvgIpc) is 2.80. The Labute approximate surface area is 115 Å². The van der Waals surface area contributed by atoms with E-state index in [-0.39, 0.29) is 0 Å². The van der Waals surface area contributed by atoms with Crippen LogP contribution in [0.2, 0.25) is 0 Å². The van der Waals surface area contributed by atoms with E-state index in [0.717, 1.165) is 16.7 Å². The molecule has 1 aromatic carbocycles. The van der Waals surface area contributed by atoms with Gasteiger partial charge in [0.25, 0.3) is 0 Å². The van der Waals surface area contributed by atoms with Gasteiger partial charge in [-0.3, -0.25) is 4.68 Å². The fourth-order valence-electron chi connectivity index (χ4n) is 1.99. The minimum atomic E-state index is 0.474. The van der Waals surface area contributed by atoms with Crippen molar-refractivity contribution >= 4 is 22.7 Å². The zero-order valence-electron chi connectivity index (χ0n) is 11.1. The normalized spacial score (nSPS) is 10.4. The van der Waals surface area contributed by atoms with Gasteiger partial charge in [-0.15, -0.1) is 0 Å². The molecule has 0 radical (unpaired) electrons. The molecule has 3 aromatic rings. The van der Waals surface area contributed by atoms with Gasteiger partial charge in [-0.1, -0.05) is 12.1 Å². The van der Waals surface area contributed by atoms with Crippen LogP contribution in [0.25, 0.3) is 11.0 Å². The number of nitriles is 1. The van der Waals surface area contributed by atoms with Crippen LogP contribution in [0.4, 0.5) is 11.6 Å². The SMILES string of the molecule is Cc1nc2ccccc2nc1Nc1c(C#N)cnn1C. The molecule has 2 heterocycles. The minimum absolute atomic E-state index is 0.474. The second-order valence-electron chi connectivity index (χ2n) is 4.41. The quantitative estimate of drug-likeness (QED) is 0.768. The molecule has 0 spiro atoms. The average molecular weight is 264 g/mol. The molecule has 3 rings (SSSR count). The highest BCUT2D eigenvalue weighted by atomic mass is 15.3. The summed E-state index contributed by atoms with van der Waals surface area (Å²) < 4.78 is 1.61. The topological polar surface area (TPSA) is 79.4 Å². The maximum Gasteiger partial charge on any atom is 0.153 e. The Bertz CT molecular complexity index is 827. The Morgan fingerprint density at radius 2 is 1.90 bits per heavy atom. The van der Waals surface area contributed by atoms with Gasteiger partial charge in [0.2, 0.25) is 0 Å². The molecule has 6 nitrogen and oxygen atoms in total. The van der Waals surface area contributed by atoms with Crippen molar-refractivity contribution in [1.29, 1.82) is 5.26 Å². The molecule has 0 aliphatic carbocycles. The van der Waals surface area contributed by atoms with Crippen molar-refractivity contribution in [2.75, 3.05) is 5.32 Å². The van der Waals surface area contributed by atoms with E-state index in [1.807, 2.05) is 31.2 Å². The summed E-state index contributed by atoms with van der Waals surface area (Å²) in [6, 6.07) is 9.77. The molecule has 2 aromatic heterocycles. The Hall–Kier alpha value is -2.94. The lowest BCUT2D eigenvalue weighted by Crippen LogP contribution is -2.05. The lowest BCUT2D eigenvalue weighted by molar-refractivity contribution is 0.775. The summed E-state index contributed by atoms with van der Waals surface area (Å²) in [5, 5.41) is 16.3. The molecule has 0 saturated heterocycles. The number of nitrogens with one attached hydrogen (secondary N) is 1. The maximum absolute atomic E-state index is 9.07. The number of aromatic nitrogens is 4. The summed E-state index contributed by atoms with van der Waals surface area (Å²) >= 11 is 0. The van der Waals surface area contributed by atoms with Crippen molar-refractivity contribution < 1.29 is 0 Å².